The fourth-order valence-electron chi connectivity index (χ4n) is 11.1. The zero-order valence-electron chi connectivity index (χ0n) is 24.4. The monoisotopic (exact) mass is 573 g/mol. The Morgan fingerprint density at radius 1 is 1.02 bits per heavy atom. The molecule has 6 bridgehead atoms. The summed E-state index contributed by atoms with van der Waals surface area (Å²) in [6.07, 6.45) is -2.42. The molecule has 5 N–H and O–H groups in total. The van der Waals surface area contributed by atoms with Crippen LogP contribution in [-0.2, 0) is 19.1 Å². The molecule has 0 aromatic rings. The first kappa shape index (κ1) is 29.0. The number of piperidine rings is 1. The molecule has 41 heavy (non-hydrogen) atoms. The topological polar surface area (TPSA) is 157 Å². The van der Waals surface area contributed by atoms with E-state index in [1.165, 1.54) is 0 Å². The molecular weight excluding hydrogens is 530 g/mol. The van der Waals surface area contributed by atoms with Gasteiger partial charge in [0.1, 0.15) is 23.9 Å². The molecule has 0 aromatic heterocycles. The van der Waals surface area contributed by atoms with Crippen LogP contribution < -0.4 is 0 Å². The van der Waals surface area contributed by atoms with E-state index >= 15 is 0 Å². The van der Waals surface area contributed by atoms with Gasteiger partial charge in [-0.15, -0.1) is 0 Å². The van der Waals surface area contributed by atoms with Crippen LogP contribution in [0.5, 0.6) is 0 Å². The molecule has 0 amide bonds. The summed E-state index contributed by atoms with van der Waals surface area (Å²) in [7, 11) is 1.90. The lowest BCUT2D eigenvalue weighted by Gasteiger charge is -2.73. The summed E-state index contributed by atoms with van der Waals surface area (Å²) >= 11 is 0. The maximum Gasteiger partial charge on any atom is 0.333 e. The van der Waals surface area contributed by atoms with E-state index in [1.807, 2.05) is 7.05 Å². The van der Waals surface area contributed by atoms with Crippen molar-refractivity contribution in [2.24, 2.45) is 34.0 Å². The largest absolute Gasteiger partial charge is 0.455 e. The summed E-state index contributed by atoms with van der Waals surface area (Å²) in [5, 5.41) is 59.2. The third-order valence-electron chi connectivity index (χ3n) is 12.3. The summed E-state index contributed by atoms with van der Waals surface area (Å²) < 4.78 is 12.5. The van der Waals surface area contributed by atoms with Gasteiger partial charge in [-0.25, -0.2) is 9.59 Å². The molecule has 1 saturated heterocycles. The quantitative estimate of drug-likeness (QED) is 0.178. The van der Waals surface area contributed by atoms with E-state index in [1.54, 1.807) is 39.8 Å². The van der Waals surface area contributed by atoms with Gasteiger partial charge in [0, 0.05) is 51.8 Å². The molecule has 1 heterocycles. The van der Waals surface area contributed by atoms with E-state index in [-0.39, 0.29) is 25.8 Å². The maximum absolute atomic E-state index is 13.4. The number of aliphatic hydroxyl groups is 5. The number of hydrogen-bond donors (Lipinski definition) is 5. The number of carbonyl (C=O) groups is 2. The first-order valence-corrected chi connectivity index (χ1v) is 14.7. The molecule has 5 saturated carbocycles. The highest BCUT2D eigenvalue weighted by Crippen LogP contribution is 2.84. The molecule has 10 heteroatoms. The number of esters is 2. The Morgan fingerprint density at radius 3 is 2.17 bits per heavy atom. The van der Waals surface area contributed by atoms with Gasteiger partial charge in [0.05, 0.1) is 18.8 Å². The van der Waals surface area contributed by atoms with Crippen molar-refractivity contribution in [3.8, 4) is 0 Å². The molecule has 1 unspecified atom stereocenters. The Balaban J connectivity index is 1.65. The lowest BCUT2D eigenvalue weighted by atomic mass is 9.38. The molecule has 226 valence electrons. The van der Waals surface area contributed by atoms with Gasteiger partial charge < -0.3 is 39.9 Å². The second-order valence-corrected chi connectivity index (χ2v) is 13.7. The first-order valence-electron chi connectivity index (χ1n) is 14.7. The molecule has 10 nitrogen and oxygen atoms in total. The zero-order valence-corrected chi connectivity index (χ0v) is 24.4. The fourth-order valence-corrected chi connectivity index (χ4v) is 11.1. The van der Waals surface area contributed by atoms with Gasteiger partial charge in [0.25, 0.3) is 0 Å². The Labute approximate surface area is 240 Å². The van der Waals surface area contributed by atoms with Crippen LogP contribution >= 0.6 is 0 Å². The minimum absolute atomic E-state index is 0.0319. The van der Waals surface area contributed by atoms with Crippen LogP contribution in [0.1, 0.15) is 47.0 Å². The molecule has 5 aliphatic carbocycles. The lowest BCUT2D eigenvalue weighted by molar-refractivity contribution is -0.369. The number of allylic oxidation sites excluding steroid dienone is 2. The van der Waals surface area contributed by atoms with E-state index in [9.17, 15) is 35.1 Å². The van der Waals surface area contributed by atoms with E-state index in [2.05, 4.69) is 11.5 Å². The minimum Gasteiger partial charge on any atom is -0.455 e. The predicted octanol–water partition coefficient (Wildman–Crippen LogP) is 0.465. The van der Waals surface area contributed by atoms with Crippen LogP contribution in [0, 0.1) is 34.0 Å². The molecule has 2 spiro atoms. The number of aliphatic hydroxyl groups excluding tert-OH is 4. The Bertz CT molecular complexity index is 1260. The number of rotatable bonds is 5. The van der Waals surface area contributed by atoms with Crippen molar-refractivity contribution in [2.75, 3.05) is 20.2 Å². The Kier molecular flexibility index (Phi) is 6.35. The summed E-state index contributed by atoms with van der Waals surface area (Å²) in [4.78, 5) is 28.8. The highest BCUT2D eigenvalue weighted by atomic mass is 16.6. The molecular formula is C31H43NO9. The van der Waals surface area contributed by atoms with Crippen LogP contribution in [0.15, 0.2) is 35.5 Å². The standard InChI is InChI=1S/C31H43NO9/c1-7-14(3)26(37)40-20-18-16(5)9-29-19(18)23-30(22(29)21(20)41-27(38)15(4)8-2)11-17(34)10-28(13-33,12-32(23)6)31(30,39)25(36)24(29)35/h7-8,17-25,33-36,39H,5,9-13H2,1-4,6H3/b14-7+,15-8+/t17-,18-,19+,20+,21+,22+,23+,24?,25-,28-,29-,30-,31-/m0/s1. The van der Waals surface area contributed by atoms with Crippen molar-refractivity contribution in [1.82, 2.24) is 4.90 Å². The molecule has 0 aromatic carbocycles. The SMILES string of the molecule is C=C1C[C@@]23C(O)[C@H](O)[C@]4(O)[C@@]5(CO)C[C@H](O)C[C@@]46[C@@H]2[C@H](OC(=O)/C(C)=C/C)[C@H](OC(=O)/C(C)=C/C)[C@@H]1[C@@H]3[C@H]6N(C)C5. The minimum atomic E-state index is -2.02. The Hall–Kier alpha value is -2.08. The van der Waals surface area contributed by atoms with Gasteiger partial charge in [-0.2, -0.15) is 0 Å². The highest BCUT2D eigenvalue weighted by Gasteiger charge is 2.93. The van der Waals surface area contributed by atoms with E-state index < -0.39 is 94.7 Å². The number of nitrogens with zero attached hydrogens (tertiary/aromatic N) is 1. The fraction of sp³-hybridized carbons (Fsp3) is 0.742. The number of hydrogen-bond acceptors (Lipinski definition) is 10. The highest BCUT2D eigenvalue weighted by molar-refractivity contribution is 5.89. The van der Waals surface area contributed by atoms with Crippen LogP contribution in [0.2, 0.25) is 0 Å². The summed E-state index contributed by atoms with van der Waals surface area (Å²) in [6, 6.07) is -0.487. The van der Waals surface area contributed by atoms with Crippen LogP contribution in [0.25, 0.3) is 0 Å². The van der Waals surface area contributed by atoms with Gasteiger partial charge >= 0.3 is 11.9 Å². The van der Waals surface area contributed by atoms with E-state index in [4.69, 9.17) is 9.47 Å². The molecule has 6 rings (SSSR count). The van der Waals surface area contributed by atoms with Crippen molar-refractivity contribution in [1.29, 1.82) is 0 Å². The number of carbonyl (C=O) groups excluding carboxylic acids is 2. The third-order valence-corrected chi connectivity index (χ3v) is 12.3. The second kappa shape index (κ2) is 8.97. The van der Waals surface area contributed by atoms with Gasteiger partial charge in [-0.05, 0) is 59.9 Å². The van der Waals surface area contributed by atoms with Gasteiger partial charge in [-0.1, -0.05) is 24.3 Å². The molecule has 1 aliphatic heterocycles. The van der Waals surface area contributed by atoms with Crippen LogP contribution in [0.3, 0.4) is 0 Å². The average molecular weight is 574 g/mol. The normalized spacial score (nSPS) is 52.0. The van der Waals surface area contributed by atoms with Crippen molar-refractivity contribution in [3.05, 3.63) is 35.5 Å². The van der Waals surface area contributed by atoms with Crippen LogP contribution in [-0.4, -0.2) is 105 Å². The average Bonchev–Trinajstić information content (AvgIpc) is 3.25. The van der Waals surface area contributed by atoms with E-state index in [0.29, 0.717) is 11.1 Å². The molecule has 6 aliphatic rings. The van der Waals surface area contributed by atoms with Crippen LogP contribution in [0.4, 0.5) is 0 Å². The summed E-state index contributed by atoms with van der Waals surface area (Å²) in [6.45, 7) is 10.7. The molecule has 6 fully saturated rings. The maximum atomic E-state index is 13.4. The van der Waals surface area contributed by atoms with E-state index in [0.717, 1.165) is 5.57 Å². The lowest BCUT2D eigenvalue weighted by Crippen LogP contribution is -2.85. The van der Waals surface area contributed by atoms with Crippen molar-refractivity contribution in [2.45, 2.75) is 89.1 Å². The smallest absolute Gasteiger partial charge is 0.333 e. The third kappa shape index (κ3) is 3.04. The van der Waals surface area contributed by atoms with Gasteiger partial charge in [0.15, 0.2) is 0 Å². The number of ether oxygens (including phenoxy) is 2. The molecule has 0 radical (unpaired) electrons. The first-order chi connectivity index (χ1) is 19.2. The zero-order chi connectivity index (χ0) is 30.0. The second-order valence-electron chi connectivity index (χ2n) is 13.7. The molecule has 13 atom stereocenters. The van der Waals surface area contributed by atoms with Gasteiger partial charge in [-0.3, -0.25) is 0 Å². The number of likely N-dealkylation sites (tertiary alicyclic amines) is 1. The summed E-state index contributed by atoms with van der Waals surface area (Å²) in [5.74, 6) is -2.96. The van der Waals surface area contributed by atoms with Crippen molar-refractivity contribution in [3.63, 3.8) is 0 Å². The van der Waals surface area contributed by atoms with Crippen molar-refractivity contribution >= 4 is 11.9 Å². The van der Waals surface area contributed by atoms with Gasteiger partial charge in [0.2, 0.25) is 0 Å². The summed E-state index contributed by atoms with van der Waals surface area (Å²) in [5.41, 5.74) is -4.28. The predicted molar refractivity (Wildman–Crippen MR) is 146 cm³/mol. The Morgan fingerprint density at radius 2 is 1.61 bits per heavy atom. The van der Waals surface area contributed by atoms with Crippen molar-refractivity contribution < 1.29 is 44.6 Å².